The Morgan fingerprint density at radius 1 is 1.50 bits per heavy atom. The number of anilines is 1. The Morgan fingerprint density at radius 2 is 2.10 bits per heavy atom. The van der Waals surface area contributed by atoms with Gasteiger partial charge in [-0.05, 0) is 40.7 Å². The molecule has 1 aromatic rings. The fraction of sp³-hybridized carbons (Fsp3) is 0.500. The zero-order valence-electron chi connectivity index (χ0n) is 11.6. The Morgan fingerprint density at radius 3 is 2.60 bits per heavy atom. The van der Waals surface area contributed by atoms with Gasteiger partial charge in [0.05, 0.1) is 0 Å². The molecule has 8 heteroatoms. The third-order valence-electron chi connectivity index (χ3n) is 3.05. The molecule has 20 heavy (non-hydrogen) atoms. The third-order valence-corrected chi connectivity index (χ3v) is 6.38. The Bertz CT molecular complexity index is 581. The average Bonchev–Trinajstić information content (AvgIpc) is 2.39. The maximum absolute atomic E-state index is 13.9. The summed E-state index contributed by atoms with van der Waals surface area (Å²) in [5, 5.41) is 0. The van der Waals surface area contributed by atoms with Crippen molar-refractivity contribution in [2.45, 2.75) is 24.3 Å². The van der Waals surface area contributed by atoms with Crippen molar-refractivity contribution in [1.29, 1.82) is 0 Å². The first-order valence-electron chi connectivity index (χ1n) is 5.97. The second-order valence-electron chi connectivity index (χ2n) is 4.34. The molecule has 0 aliphatic heterocycles. The minimum atomic E-state index is -3.90. The second-order valence-corrected chi connectivity index (χ2v) is 8.07. The summed E-state index contributed by atoms with van der Waals surface area (Å²) in [5.41, 5.74) is 5.84. The molecule has 1 rings (SSSR count). The number of nitrogens with zero attached hydrogens (tertiary/aromatic N) is 1. The largest absolute Gasteiger partial charge is 0.398 e. The number of nitrogens with two attached hydrogens (primary N) is 1. The van der Waals surface area contributed by atoms with E-state index >= 15 is 0 Å². The summed E-state index contributed by atoms with van der Waals surface area (Å²) in [6, 6.07) is 2.04. The molecule has 0 aromatic heterocycles. The van der Waals surface area contributed by atoms with Gasteiger partial charge in [-0.25, -0.2) is 12.8 Å². The van der Waals surface area contributed by atoms with E-state index < -0.39 is 15.8 Å². The predicted molar refractivity (Wildman–Crippen MR) is 85.9 cm³/mol. The number of hydrogen-bond donors (Lipinski definition) is 1. The van der Waals surface area contributed by atoms with E-state index in [1.165, 1.54) is 11.4 Å². The van der Waals surface area contributed by atoms with Gasteiger partial charge in [-0.2, -0.15) is 16.1 Å². The van der Waals surface area contributed by atoms with Gasteiger partial charge >= 0.3 is 0 Å². The van der Waals surface area contributed by atoms with Gasteiger partial charge in [0, 0.05) is 29.0 Å². The van der Waals surface area contributed by atoms with Crippen LogP contribution in [-0.4, -0.2) is 37.8 Å². The van der Waals surface area contributed by atoms with Crippen LogP contribution in [0.15, 0.2) is 21.5 Å². The maximum atomic E-state index is 13.9. The number of halogens is 2. The Kier molecular flexibility index (Phi) is 6.30. The van der Waals surface area contributed by atoms with E-state index in [1.54, 1.807) is 11.8 Å². The van der Waals surface area contributed by atoms with Gasteiger partial charge in [0.2, 0.25) is 10.0 Å². The van der Waals surface area contributed by atoms with E-state index in [0.29, 0.717) is 16.6 Å². The number of thioether (sulfide) groups is 1. The third kappa shape index (κ3) is 3.66. The smallest absolute Gasteiger partial charge is 0.246 e. The molecule has 0 spiro atoms. The molecule has 0 amide bonds. The van der Waals surface area contributed by atoms with Crippen molar-refractivity contribution >= 4 is 43.4 Å². The molecule has 1 unspecified atom stereocenters. The van der Waals surface area contributed by atoms with Crippen molar-refractivity contribution in [3.05, 3.63) is 22.4 Å². The lowest BCUT2D eigenvalue weighted by atomic mass is 10.3. The van der Waals surface area contributed by atoms with Crippen LogP contribution in [0.1, 0.15) is 13.3 Å². The van der Waals surface area contributed by atoms with Crippen LogP contribution in [-0.2, 0) is 10.0 Å². The number of benzene rings is 1. The van der Waals surface area contributed by atoms with Gasteiger partial charge in [0.15, 0.2) is 0 Å². The number of sulfonamides is 1. The number of nitrogen functional groups attached to an aromatic ring is 1. The van der Waals surface area contributed by atoms with E-state index in [9.17, 15) is 12.8 Å². The zero-order valence-corrected chi connectivity index (χ0v) is 14.8. The highest BCUT2D eigenvalue weighted by molar-refractivity contribution is 9.10. The second kappa shape index (κ2) is 7.11. The summed E-state index contributed by atoms with van der Waals surface area (Å²) in [6.45, 7) is 1.90. The fourth-order valence-corrected chi connectivity index (χ4v) is 4.53. The lowest BCUT2D eigenvalue weighted by Crippen LogP contribution is -2.38. The van der Waals surface area contributed by atoms with Crippen molar-refractivity contribution in [3.63, 3.8) is 0 Å². The molecule has 0 heterocycles. The Labute approximate surface area is 132 Å². The molecule has 0 radical (unpaired) electrons. The van der Waals surface area contributed by atoms with E-state index in [1.807, 2.05) is 13.2 Å². The molecule has 1 aromatic carbocycles. The van der Waals surface area contributed by atoms with Crippen LogP contribution < -0.4 is 5.73 Å². The van der Waals surface area contributed by atoms with Crippen molar-refractivity contribution in [2.75, 3.05) is 24.8 Å². The highest BCUT2D eigenvalue weighted by Gasteiger charge is 2.29. The van der Waals surface area contributed by atoms with Crippen LogP contribution in [0.25, 0.3) is 0 Å². The minimum absolute atomic E-state index is 0.181. The minimum Gasteiger partial charge on any atom is -0.398 e. The lowest BCUT2D eigenvalue weighted by Gasteiger charge is -2.26. The average molecular weight is 385 g/mol. The van der Waals surface area contributed by atoms with Gasteiger partial charge in [-0.3, -0.25) is 0 Å². The van der Waals surface area contributed by atoms with Gasteiger partial charge < -0.3 is 5.73 Å². The maximum Gasteiger partial charge on any atom is 0.246 e. The highest BCUT2D eigenvalue weighted by atomic mass is 79.9. The molecule has 0 fully saturated rings. The van der Waals surface area contributed by atoms with Gasteiger partial charge in [0.25, 0.3) is 0 Å². The summed E-state index contributed by atoms with van der Waals surface area (Å²) in [4.78, 5) is -0.389. The molecule has 0 saturated heterocycles. The highest BCUT2D eigenvalue weighted by Crippen LogP contribution is 2.28. The summed E-state index contributed by atoms with van der Waals surface area (Å²) < 4.78 is 40.5. The first kappa shape index (κ1) is 17.7. The van der Waals surface area contributed by atoms with Gasteiger partial charge in [-0.1, -0.05) is 6.92 Å². The van der Waals surface area contributed by atoms with Gasteiger partial charge in [0.1, 0.15) is 10.7 Å². The quantitative estimate of drug-likeness (QED) is 0.765. The summed E-state index contributed by atoms with van der Waals surface area (Å²) in [7, 11) is -2.43. The predicted octanol–water partition coefficient (Wildman–Crippen LogP) is 2.93. The lowest BCUT2D eigenvalue weighted by molar-refractivity contribution is 0.383. The number of rotatable bonds is 6. The summed E-state index contributed by atoms with van der Waals surface area (Å²) in [5.74, 6) is -0.156. The Hall–Kier alpha value is -0.310. The van der Waals surface area contributed by atoms with Crippen molar-refractivity contribution in [2.24, 2.45) is 0 Å². The first-order valence-corrected chi connectivity index (χ1v) is 9.59. The fourth-order valence-electron chi connectivity index (χ4n) is 1.77. The van der Waals surface area contributed by atoms with Crippen LogP contribution in [0, 0.1) is 5.82 Å². The van der Waals surface area contributed by atoms with E-state index in [4.69, 9.17) is 5.73 Å². The molecule has 114 valence electrons. The molecule has 0 saturated carbocycles. The molecular weight excluding hydrogens is 367 g/mol. The molecule has 4 nitrogen and oxygen atoms in total. The van der Waals surface area contributed by atoms with Crippen molar-refractivity contribution < 1.29 is 12.8 Å². The normalized spacial score (nSPS) is 13.7. The van der Waals surface area contributed by atoms with Gasteiger partial charge in [-0.15, -0.1) is 0 Å². The van der Waals surface area contributed by atoms with E-state index in [2.05, 4.69) is 15.9 Å². The van der Waals surface area contributed by atoms with E-state index in [0.717, 1.165) is 12.1 Å². The summed E-state index contributed by atoms with van der Waals surface area (Å²) >= 11 is 4.63. The zero-order chi connectivity index (χ0) is 15.5. The Balaban J connectivity index is 3.26. The molecule has 2 N–H and O–H groups in total. The molecule has 0 bridgehead atoms. The van der Waals surface area contributed by atoms with Crippen LogP contribution in [0.4, 0.5) is 10.1 Å². The summed E-state index contributed by atoms with van der Waals surface area (Å²) in [6.07, 6.45) is 2.56. The number of hydrogen-bond acceptors (Lipinski definition) is 4. The molecule has 0 aliphatic carbocycles. The van der Waals surface area contributed by atoms with Crippen molar-refractivity contribution in [1.82, 2.24) is 4.31 Å². The topological polar surface area (TPSA) is 63.4 Å². The van der Waals surface area contributed by atoms with Crippen molar-refractivity contribution in [3.8, 4) is 0 Å². The molecule has 0 aliphatic rings. The SMILES string of the molecule is CCC(CSC)N(C)S(=O)(=O)c1cc(N)c(Br)cc1F. The standard InChI is InChI=1S/C12H18BrFN2O2S2/c1-4-8(7-19-3)16(2)20(17,18)12-6-11(15)9(13)5-10(12)14/h5-6,8H,4,7,15H2,1-3H3. The van der Waals surface area contributed by atoms with E-state index in [-0.39, 0.29) is 16.6 Å². The monoisotopic (exact) mass is 384 g/mol. The van der Waals surface area contributed by atoms with Crippen LogP contribution in [0.2, 0.25) is 0 Å². The molecular formula is C12H18BrFN2O2S2. The first-order chi connectivity index (χ1) is 9.25. The van der Waals surface area contributed by atoms with Crippen LogP contribution >= 0.6 is 27.7 Å². The van der Waals surface area contributed by atoms with Crippen LogP contribution in [0.3, 0.4) is 0 Å². The molecule has 1 atom stereocenters. The van der Waals surface area contributed by atoms with Crippen LogP contribution in [0.5, 0.6) is 0 Å².